The number of carbonyl (C=O) groups excluding carboxylic acids is 2. The normalized spacial score (nSPS) is 26.8. The molecule has 4 bridgehead atoms. The molecule has 5 saturated carbocycles. The zero-order valence-corrected chi connectivity index (χ0v) is 27.6. The minimum absolute atomic E-state index is 0.105. The summed E-state index contributed by atoms with van der Waals surface area (Å²) < 4.78 is 27.5. The summed E-state index contributed by atoms with van der Waals surface area (Å²) >= 11 is 6.49. The van der Waals surface area contributed by atoms with Crippen molar-refractivity contribution in [1.82, 2.24) is 10.2 Å². The van der Waals surface area contributed by atoms with Crippen LogP contribution in [0.25, 0.3) is 0 Å². The van der Waals surface area contributed by atoms with E-state index in [0.717, 1.165) is 49.7 Å². The summed E-state index contributed by atoms with van der Waals surface area (Å²) in [5, 5.41) is 3.64. The van der Waals surface area contributed by atoms with E-state index in [1.165, 1.54) is 53.3 Å². The summed E-state index contributed by atoms with van der Waals surface area (Å²) in [6.07, 6.45) is 13.3. The van der Waals surface area contributed by atoms with Gasteiger partial charge in [0.05, 0.1) is 11.9 Å². The molecule has 0 aromatic heterocycles. The fourth-order valence-corrected chi connectivity index (χ4v) is 10.2. The Labute approximate surface area is 267 Å². The maximum atomic E-state index is 14.1. The fourth-order valence-electron chi connectivity index (χ4n) is 9.16. The van der Waals surface area contributed by atoms with Gasteiger partial charge in [0.2, 0.25) is 21.8 Å². The summed E-state index contributed by atoms with van der Waals surface area (Å²) in [5.74, 6) is 1.80. The Morgan fingerprint density at radius 1 is 0.955 bits per heavy atom. The van der Waals surface area contributed by atoms with E-state index in [1.54, 1.807) is 6.07 Å². The first-order chi connectivity index (χ1) is 21.0. The van der Waals surface area contributed by atoms with Crippen LogP contribution in [-0.4, -0.2) is 50.0 Å². The number of sulfonamides is 1. The Morgan fingerprint density at radius 3 is 2.09 bits per heavy atom. The van der Waals surface area contributed by atoms with Gasteiger partial charge >= 0.3 is 0 Å². The first kappa shape index (κ1) is 31.4. The van der Waals surface area contributed by atoms with Crippen molar-refractivity contribution in [3.05, 3.63) is 64.7 Å². The van der Waals surface area contributed by atoms with E-state index in [4.69, 9.17) is 11.6 Å². The van der Waals surface area contributed by atoms with Crippen molar-refractivity contribution < 1.29 is 18.0 Å². The fraction of sp³-hybridized carbons (Fsp3) is 0.600. The summed E-state index contributed by atoms with van der Waals surface area (Å²) in [5.41, 5.74) is 2.68. The summed E-state index contributed by atoms with van der Waals surface area (Å²) in [6.45, 7) is 1.59. The lowest BCUT2D eigenvalue weighted by molar-refractivity contribution is -0.140. The molecular formula is C35H46ClN3O4S. The molecule has 44 heavy (non-hydrogen) atoms. The molecule has 7 nitrogen and oxygen atoms in total. The molecule has 5 aliphatic carbocycles. The standard InChI is InChI=1S/C35H46ClN3O4S/c1-3-32(34(41)37-29-9-5-6-10-29)38(22-27-8-4-7-11-31(27)36)33(40)23-39(44(2,42)43)30-14-12-28(13-15-30)35-19-24-16-25(20-35)18-26(17-24)21-35/h4,7-8,11-15,24-26,29,32H,3,5-6,9-10,16-23H2,1-2H3,(H,37,41)/t24?,25?,26?,32-,35?/m1/s1. The van der Waals surface area contributed by atoms with Gasteiger partial charge in [0, 0.05) is 17.6 Å². The minimum Gasteiger partial charge on any atom is -0.352 e. The molecule has 238 valence electrons. The topological polar surface area (TPSA) is 86.8 Å². The molecule has 0 spiro atoms. The number of hydrogen-bond acceptors (Lipinski definition) is 4. The number of halogens is 1. The van der Waals surface area contributed by atoms with Gasteiger partial charge < -0.3 is 10.2 Å². The smallest absolute Gasteiger partial charge is 0.244 e. The number of anilines is 1. The van der Waals surface area contributed by atoms with Crippen LogP contribution < -0.4 is 9.62 Å². The summed E-state index contributed by atoms with van der Waals surface area (Å²) in [6, 6.07) is 14.5. The van der Waals surface area contributed by atoms with E-state index in [-0.39, 0.29) is 23.9 Å². The van der Waals surface area contributed by atoms with Crippen LogP contribution in [0, 0.1) is 17.8 Å². The van der Waals surface area contributed by atoms with E-state index in [1.807, 2.05) is 37.3 Å². The second-order valence-corrected chi connectivity index (χ2v) is 16.4. The van der Waals surface area contributed by atoms with Crippen LogP contribution in [0.2, 0.25) is 5.02 Å². The zero-order chi connectivity index (χ0) is 31.1. The lowest BCUT2D eigenvalue weighted by Gasteiger charge is -2.57. The number of nitrogens with zero attached hydrogens (tertiary/aromatic N) is 2. The number of nitrogens with one attached hydrogen (secondary N) is 1. The third-order valence-corrected chi connectivity index (χ3v) is 12.4. The molecule has 2 amide bonds. The summed E-state index contributed by atoms with van der Waals surface area (Å²) in [7, 11) is -3.80. The molecule has 5 aliphatic rings. The highest BCUT2D eigenvalue weighted by Gasteiger charge is 2.51. The van der Waals surface area contributed by atoms with Crippen LogP contribution in [0.5, 0.6) is 0 Å². The monoisotopic (exact) mass is 639 g/mol. The van der Waals surface area contributed by atoms with Gasteiger partial charge in [-0.1, -0.05) is 61.7 Å². The van der Waals surface area contributed by atoms with Crippen molar-refractivity contribution in [3.63, 3.8) is 0 Å². The van der Waals surface area contributed by atoms with Gasteiger partial charge in [-0.3, -0.25) is 13.9 Å². The second kappa shape index (κ2) is 12.7. The van der Waals surface area contributed by atoms with Crippen molar-refractivity contribution in [2.75, 3.05) is 17.1 Å². The average Bonchev–Trinajstić information content (AvgIpc) is 3.48. The Morgan fingerprint density at radius 2 is 1.55 bits per heavy atom. The largest absolute Gasteiger partial charge is 0.352 e. The van der Waals surface area contributed by atoms with E-state index >= 15 is 0 Å². The third-order valence-electron chi connectivity index (χ3n) is 10.9. The number of carbonyl (C=O) groups is 2. The molecule has 0 heterocycles. The van der Waals surface area contributed by atoms with E-state index < -0.39 is 28.5 Å². The van der Waals surface area contributed by atoms with Crippen molar-refractivity contribution in [1.29, 1.82) is 0 Å². The van der Waals surface area contributed by atoms with E-state index in [2.05, 4.69) is 17.4 Å². The Balaban J connectivity index is 1.25. The number of amides is 2. The Kier molecular flexibility index (Phi) is 9.04. The molecule has 2 aromatic carbocycles. The predicted octanol–water partition coefficient (Wildman–Crippen LogP) is 6.44. The van der Waals surface area contributed by atoms with Gasteiger partial charge in [0.15, 0.2) is 0 Å². The van der Waals surface area contributed by atoms with Gasteiger partial charge in [0.25, 0.3) is 0 Å². The van der Waals surface area contributed by atoms with Gasteiger partial charge in [0.1, 0.15) is 12.6 Å². The first-order valence-corrected chi connectivity index (χ1v) is 18.7. The van der Waals surface area contributed by atoms with Crippen LogP contribution in [0.15, 0.2) is 48.5 Å². The van der Waals surface area contributed by atoms with E-state index in [0.29, 0.717) is 22.7 Å². The van der Waals surface area contributed by atoms with Gasteiger partial charge in [-0.05, 0) is 110 Å². The molecule has 0 unspecified atom stereocenters. The van der Waals surface area contributed by atoms with Crippen molar-refractivity contribution >= 4 is 39.1 Å². The zero-order valence-electron chi connectivity index (χ0n) is 26.0. The highest BCUT2D eigenvalue weighted by atomic mass is 35.5. The highest BCUT2D eigenvalue weighted by molar-refractivity contribution is 7.92. The Bertz CT molecular complexity index is 1440. The van der Waals surface area contributed by atoms with Crippen LogP contribution >= 0.6 is 11.6 Å². The Hall–Kier alpha value is -2.58. The molecule has 7 rings (SSSR count). The minimum atomic E-state index is -3.80. The van der Waals surface area contributed by atoms with E-state index in [9.17, 15) is 18.0 Å². The van der Waals surface area contributed by atoms with Gasteiger partial charge in [-0.2, -0.15) is 0 Å². The third kappa shape index (κ3) is 6.53. The second-order valence-electron chi connectivity index (χ2n) is 14.0. The van der Waals surface area contributed by atoms with Crippen molar-refractivity contribution in [3.8, 4) is 0 Å². The first-order valence-electron chi connectivity index (χ1n) is 16.5. The lowest BCUT2D eigenvalue weighted by Crippen LogP contribution is -2.53. The van der Waals surface area contributed by atoms with Gasteiger partial charge in [-0.25, -0.2) is 8.42 Å². The number of rotatable bonds is 11. The van der Waals surface area contributed by atoms with Crippen molar-refractivity contribution in [2.24, 2.45) is 17.8 Å². The highest BCUT2D eigenvalue weighted by Crippen LogP contribution is 2.60. The van der Waals surface area contributed by atoms with Crippen LogP contribution in [0.3, 0.4) is 0 Å². The molecule has 1 atom stereocenters. The maximum absolute atomic E-state index is 14.1. The molecule has 0 aliphatic heterocycles. The van der Waals surface area contributed by atoms with Gasteiger partial charge in [-0.15, -0.1) is 0 Å². The maximum Gasteiger partial charge on any atom is 0.244 e. The predicted molar refractivity (Wildman–Crippen MR) is 175 cm³/mol. The molecule has 9 heteroatoms. The van der Waals surface area contributed by atoms with Crippen molar-refractivity contribution in [2.45, 2.75) is 102 Å². The molecule has 1 N–H and O–H groups in total. The van der Waals surface area contributed by atoms with Crippen LogP contribution in [0.1, 0.15) is 88.7 Å². The van der Waals surface area contributed by atoms with Crippen LogP contribution in [0.4, 0.5) is 5.69 Å². The average molecular weight is 640 g/mol. The molecule has 2 aromatic rings. The lowest BCUT2D eigenvalue weighted by atomic mass is 9.48. The molecule has 0 saturated heterocycles. The molecule has 0 radical (unpaired) electrons. The number of hydrogen-bond donors (Lipinski definition) is 1. The number of benzene rings is 2. The van der Waals surface area contributed by atoms with Crippen LogP contribution in [-0.2, 0) is 31.6 Å². The summed E-state index contributed by atoms with van der Waals surface area (Å²) in [4.78, 5) is 29.2. The molecular weight excluding hydrogens is 594 g/mol. The quantitative estimate of drug-likeness (QED) is 0.307. The SMILES string of the molecule is CC[C@H](C(=O)NC1CCCC1)N(Cc1ccccc1Cl)C(=O)CN(c1ccc(C23CC4CC(CC(C4)C2)C3)cc1)S(C)(=O)=O. The molecule has 5 fully saturated rings.